The highest BCUT2D eigenvalue weighted by Crippen LogP contribution is 2.27. The van der Waals surface area contributed by atoms with E-state index < -0.39 is 0 Å². The van der Waals surface area contributed by atoms with Crippen LogP contribution in [0.2, 0.25) is 0 Å². The minimum absolute atomic E-state index is 0.257. The Morgan fingerprint density at radius 2 is 1.92 bits per heavy atom. The lowest BCUT2D eigenvalue weighted by Gasteiger charge is -2.22. The minimum Gasteiger partial charge on any atom is -0.392 e. The van der Waals surface area contributed by atoms with Crippen molar-refractivity contribution in [3.8, 4) is 0 Å². The molecule has 0 aromatic heterocycles. The van der Waals surface area contributed by atoms with Crippen molar-refractivity contribution in [2.24, 2.45) is 11.7 Å². The molecule has 0 aromatic rings. The van der Waals surface area contributed by atoms with Crippen molar-refractivity contribution in [3.05, 3.63) is 0 Å². The first-order valence-electron chi connectivity index (χ1n) is 5.21. The Bertz CT molecular complexity index is 110. The molecule has 0 aromatic carbocycles. The van der Waals surface area contributed by atoms with Gasteiger partial charge in [-0.1, -0.05) is 32.1 Å². The van der Waals surface area contributed by atoms with E-state index in [1.54, 1.807) is 0 Å². The Morgan fingerprint density at radius 3 is 2.50 bits per heavy atom. The average molecular weight is 171 g/mol. The monoisotopic (exact) mass is 171 g/mol. The van der Waals surface area contributed by atoms with E-state index in [9.17, 15) is 5.11 Å². The van der Waals surface area contributed by atoms with Crippen LogP contribution >= 0.6 is 0 Å². The van der Waals surface area contributed by atoms with Crippen LogP contribution in [0.5, 0.6) is 0 Å². The summed E-state index contributed by atoms with van der Waals surface area (Å²) in [5.41, 5.74) is 5.34. The summed E-state index contributed by atoms with van der Waals surface area (Å²) in [6, 6.07) is 0. The largest absolute Gasteiger partial charge is 0.392 e. The van der Waals surface area contributed by atoms with Gasteiger partial charge in [0.15, 0.2) is 0 Å². The molecule has 2 nitrogen and oxygen atoms in total. The first-order chi connectivity index (χ1) is 5.83. The lowest BCUT2D eigenvalue weighted by molar-refractivity contribution is 0.156. The number of nitrogens with two attached hydrogens (primary N) is 1. The summed E-state index contributed by atoms with van der Waals surface area (Å²) in [6.07, 6.45) is 8.77. The maximum atomic E-state index is 9.26. The van der Waals surface area contributed by atoms with Gasteiger partial charge in [0.1, 0.15) is 0 Å². The van der Waals surface area contributed by atoms with Gasteiger partial charge in [-0.05, 0) is 18.8 Å². The van der Waals surface area contributed by atoms with E-state index in [1.807, 2.05) is 0 Å². The number of hydrogen-bond donors (Lipinski definition) is 2. The van der Waals surface area contributed by atoms with E-state index in [0.29, 0.717) is 6.54 Å². The summed E-state index contributed by atoms with van der Waals surface area (Å²) < 4.78 is 0. The Morgan fingerprint density at radius 1 is 1.25 bits per heavy atom. The highest BCUT2D eigenvalue weighted by atomic mass is 16.3. The summed E-state index contributed by atoms with van der Waals surface area (Å²) in [7, 11) is 0. The molecule has 0 radical (unpaired) electrons. The van der Waals surface area contributed by atoms with E-state index in [-0.39, 0.29) is 6.10 Å². The smallest absolute Gasteiger partial charge is 0.0662 e. The molecular weight excluding hydrogens is 150 g/mol. The molecule has 0 aliphatic heterocycles. The Labute approximate surface area is 75.2 Å². The Balaban J connectivity index is 2.05. The van der Waals surface area contributed by atoms with Gasteiger partial charge < -0.3 is 10.8 Å². The Hall–Kier alpha value is -0.0800. The van der Waals surface area contributed by atoms with Crippen LogP contribution in [-0.2, 0) is 0 Å². The molecule has 1 saturated carbocycles. The van der Waals surface area contributed by atoms with Gasteiger partial charge in [-0.2, -0.15) is 0 Å². The standard InChI is InChI=1S/C10H21NO/c11-8-10(12)7-6-9-4-2-1-3-5-9/h9-10,12H,1-8,11H2. The zero-order chi connectivity index (χ0) is 8.81. The molecule has 0 bridgehead atoms. The maximum absolute atomic E-state index is 9.26. The lowest BCUT2D eigenvalue weighted by Crippen LogP contribution is -2.21. The second kappa shape index (κ2) is 5.55. The van der Waals surface area contributed by atoms with Crippen molar-refractivity contribution in [2.45, 2.75) is 51.0 Å². The summed E-state index contributed by atoms with van der Waals surface area (Å²) in [4.78, 5) is 0. The zero-order valence-electron chi connectivity index (χ0n) is 7.84. The summed E-state index contributed by atoms with van der Waals surface area (Å²) >= 11 is 0. The van der Waals surface area contributed by atoms with Crippen LogP contribution < -0.4 is 5.73 Å². The van der Waals surface area contributed by atoms with Crippen LogP contribution in [0.4, 0.5) is 0 Å². The van der Waals surface area contributed by atoms with Gasteiger partial charge >= 0.3 is 0 Å². The summed E-state index contributed by atoms with van der Waals surface area (Å²) in [5.74, 6) is 0.875. The fourth-order valence-corrected chi connectivity index (χ4v) is 2.02. The molecule has 1 atom stereocenters. The van der Waals surface area contributed by atoms with Crippen molar-refractivity contribution in [3.63, 3.8) is 0 Å². The predicted octanol–water partition coefficient (Wildman–Crippen LogP) is 1.67. The van der Waals surface area contributed by atoms with E-state index >= 15 is 0 Å². The third-order valence-electron chi connectivity index (χ3n) is 2.90. The molecule has 0 saturated heterocycles. The van der Waals surface area contributed by atoms with Gasteiger partial charge in [0.2, 0.25) is 0 Å². The highest BCUT2D eigenvalue weighted by molar-refractivity contribution is 4.67. The van der Waals surface area contributed by atoms with Crippen molar-refractivity contribution in [1.82, 2.24) is 0 Å². The van der Waals surface area contributed by atoms with Crippen LogP contribution in [0.25, 0.3) is 0 Å². The van der Waals surface area contributed by atoms with E-state index in [1.165, 1.54) is 38.5 Å². The predicted molar refractivity (Wildman–Crippen MR) is 50.9 cm³/mol. The molecule has 1 fully saturated rings. The fourth-order valence-electron chi connectivity index (χ4n) is 2.02. The molecule has 1 aliphatic rings. The van der Waals surface area contributed by atoms with Crippen LogP contribution in [0.1, 0.15) is 44.9 Å². The Kier molecular flexibility index (Phi) is 4.62. The first kappa shape index (κ1) is 10.0. The third-order valence-corrected chi connectivity index (χ3v) is 2.90. The number of aliphatic hydroxyl groups is 1. The second-order valence-electron chi connectivity index (χ2n) is 3.97. The topological polar surface area (TPSA) is 46.2 Å². The zero-order valence-corrected chi connectivity index (χ0v) is 7.84. The molecular formula is C10H21NO. The van der Waals surface area contributed by atoms with Gasteiger partial charge in [0, 0.05) is 6.54 Å². The van der Waals surface area contributed by atoms with Gasteiger partial charge in [-0.25, -0.2) is 0 Å². The van der Waals surface area contributed by atoms with E-state index in [4.69, 9.17) is 5.73 Å². The van der Waals surface area contributed by atoms with Crippen molar-refractivity contribution in [2.75, 3.05) is 6.54 Å². The molecule has 1 unspecified atom stereocenters. The molecule has 2 heteroatoms. The molecule has 0 heterocycles. The van der Waals surface area contributed by atoms with Gasteiger partial charge in [0.05, 0.1) is 6.10 Å². The lowest BCUT2D eigenvalue weighted by atomic mass is 9.85. The highest BCUT2D eigenvalue weighted by Gasteiger charge is 2.14. The van der Waals surface area contributed by atoms with Crippen molar-refractivity contribution >= 4 is 0 Å². The first-order valence-corrected chi connectivity index (χ1v) is 5.21. The van der Waals surface area contributed by atoms with Crippen molar-refractivity contribution < 1.29 is 5.11 Å². The summed E-state index contributed by atoms with van der Waals surface area (Å²) in [6.45, 7) is 0.423. The fraction of sp³-hybridized carbons (Fsp3) is 1.00. The van der Waals surface area contributed by atoms with Crippen LogP contribution in [-0.4, -0.2) is 17.8 Å². The number of hydrogen-bond acceptors (Lipinski definition) is 2. The second-order valence-corrected chi connectivity index (χ2v) is 3.97. The number of rotatable bonds is 4. The quantitative estimate of drug-likeness (QED) is 0.676. The molecule has 1 aliphatic carbocycles. The summed E-state index contributed by atoms with van der Waals surface area (Å²) in [5, 5.41) is 9.26. The van der Waals surface area contributed by atoms with Gasteiger partial charge in [-0.15, -0.1) is 0 Å². The van der Waals surface area contributed by atoms with Crippen LogP contribution in [0.3, 0.4) is 0 Å². The van der Waals surface area contributed by atoms with Crippen LogP contribution in [0.15, 0.2) is 0 Å². The molecule has 0 amide bonds. The van der Waals surface area contributed by atoms with E-state index in [0.717, 1.165) is 12.3 Å². The SMILES string of the molecule is NCC(O)CCC1CCCCC1. The number of aliphatic hydroxyl groups excluding tert-OH is 1. The van der Waals surface area contributed by atoms with Crippen molar-refractivity contribution in [1.29, 1.82) is 0 Å². The third kappa shape index (κ3) is 3.55. The minimum atomic E-state index is -0.257. The normalized spacial score (nSPS) is 22.5. The molecule has 1 rings (SSSR count). The van der Waals surface area contributed by atoms with Crippen LogP contribution in [0, 0.1) is 5.92 Å². The van der Waals surface area contributed by atoms with E-state index in [2.05, 4.69) is 0 Å². The van der Waals surface area contributed by atoms with Gasteiger partial charge in [-0.3, -0.25) is 0 Å². The molecule has 3 N–H and O–H groups in total. The molecule has 12 heavy (non-hydrogen) atoms. The van der Waals surface area contributed by atoms with Gasteiger partial charge in [0.25, 0.3) is 0 Å². The molecule has 72 valence electrons. The molecule has 0 spiro atoms. The maximum Gasteiger partial charge on any atom is 0.0662 e. The average Bonchev–Trinajstić information content (AvgIpc) is 2.16.